The minimum Gasteiger partial charge on any atom is -0.486 e. The van der Waals surface area contributed by atoms with Gasteiger partial charge in [0, 0.05) is 25.2 Å². The lowest BCUT2D eigenvalue weighted by Crippen LogP contribution is -2.41. The van der Waals surface area contributed by atoms with Crippen molar-refractivity contribution in [3.8, 4) is 11.5 Å². The van der Waals surface area contributed by atoms with Crippen molar-refractivity contribution in [2.24, 2.45) is 0 Å². The van der Waals surface area contributed by atoms with Crippen molar-refractivity contribution in [2.45, 2.75) is 0 Å². The number of hydrogen-bond donors (Lipinski definition) is 2. The quantitative estimate of drug-likeness (QED) is 0.816. The lowest BCUT2D eigenvalue weighted by atomic mass is 10.1. The molecule has 2 N–H and O–H groups in total. The number of benzene rings is 2. The third-order valence-corrected chi connectivity index (χ3v) is 3.79. The highest BCUT2D eigenvalue weighted by Crippen LogP contribution is 2.30. The molecule has 1 aliphatic rings. The number of anilines is 1. The molecule has 0 saturated heterocycles. The largest absolute Gasteiger partial charge is 0.486 e. The molecule has 2 aromatic carbocycles. The summed E-state index contributed by atoms with van der Waals surface area (Å²) >= 11 is 0. The zero-order chi connectivity index (χ0) is 18.7. The number of hydrazine groups is 1. The second-order valence-corrected chi connectivity index (χ2v) is 5.83. The number of hydrogen-bond acceptors (Lipinski definition) is 5. The van der Waals surface area contributed by atoms with Crippen molar-refractivity contribution in [3.05, 3.63) is 53.3 Å². The van der Waals surface area contributed by atoms with Gasteiger partial charge in [0.15, 0.2) is 11.5 Å². The van der Waals surface area contributed by atoms with Crippen molar-refractivity contribution < 1.29 is 23.5 Å². The van der Waals surface area contributed by atoms with Crippen LogP contribution in [0.3, 0.4) is 0 Å². The molecule has 2 aromatic rings. The van der Waals surface area contributed by atoms with Gasteiger partial charge < -0.3 is 14.4 Å². The van der Waals surface area contributed by atoms with Gasteiger partial charge in [-0.3, -0.25) is 20.4 Å². The van der Waals surface area contributed by atoms with Crippen LogP contribution in [0.2, 0.25) is 0 Å². The molecule has 0 bridgehead atoms. The van der Waals surface area contributed by atoms with Gasteiger partial charge in [-0.25, -0.2) is 4.39 Å². The number of nitrogens with one attached hydrogen (secondary N) is 2. The maximum absolute atomic E-state index is 14.0. The molecule has 0 saturated carbocycles. The lowest BCUT2D eigenvalue weighted by molar-refractivity contribution is 0.0846. The fraction of sp³-hybridized carbons (Fsp3) is 0.222. The van der Waals surface area contributed by atoms with Crippen molar-refractivity contribution >= 4 is 17.5 Å². The van der Waals surface area contributed by atoms with E-state index in [-0.39, 0.29) is 5.56 Å². The summed E-state index contributed by atoms with van der Waals surface area (Å²) in [5.74, 6) is -0.647. The highest BCUT2D eigenvalue weighted by molar-refractivity contribution is 5.99. The average molecular weight is 359 g/mol. The smallest absolute Gasteiger partial charge is 0.269 e. The predicted octanol–water partition coefficient (Wildman–Crippen LogP) is 1.74. The summed E-state index contributed by atoms with van der Waals surface area (Å²) in [7, 11) is 3.40. The standard InChI is InChI=1S/C18H18FN3O4/c1-22(2)14-5-3-11(9-13(14)19)17(23)20-21-18(24)12-4-6-15-16(10-12)26-8-7-25-15/h3-6,9-10H,7-8H2,1-2H3,(H,20,23)(H,21,24). The van der Waals surface area contributed by atoms with Crippen LogP contribution in [0.15, 0.2) is 36.4 Å². The van der Waals surface area contributed by atoms with Crippen LogP contribution in [0.25, 0.3) is 0 Å². The Balaban J connectivity index is 1.64. The van der Waals surface area contributed by atoms with E-state index in [9.17, 15) is 14.0 Å². The van der Waals surface area contributed by atoms with E-state index in [1.807, 2.05) is 0 Å². The van der Waals surface area contributed by atoms with E-state index in [0.717, 1.165) is 6.07 Å². The van der Waals surface area contributed by atoms with Crippen LogP contribution in [0.5, 0.6) is 11.5 Å². The van der Waals surface area contributed by atoms with Crippen molar-refractivity contribution in [3.63, 3.8) is 0 Å². The summed E-state index contributed by atoms with van der Waals surface area (Å²) in [6, 6.07) is 8.79. The first kappa shape index (κ1) is 17.5. The molecule has 0 radical (unpaired) electrons. The number of halogens is 1. The lowest BCUT2D eigenvalue weighted by Gasteiger charge is -2.18. The highest BCUT2D eigenvalue weighted by Gasteiger charge is 2.16. The maximum atomic E-state index is 14.0. The summed E-state index contributed by atoms with van der Waals surface area (Å²) in [5, 5.41) is 0. The fourth-order valence-electron chi connectivity index (χ4n) is 2.45. The molecule has 0 aliphatic carbocycles. The summed E-state index contributed by atoms with van der Waals surface area (Å²) in [6.07, 6.45) is 0. The van der Waals surface area contributed by atoms with E-state index in [1.54, 1.807) is 31.1 Å². The van der Waals surface area contributed by atoms with Crippen LogP contribution < -0.4 is 25.2 Å². The Labute approximate surface area is 149 Å². The Morgan fingerprint density at radius 3 is 2.12 bits per heavy atom. The molecular formula is C18H18FN3O4. The second-order valence-electron chi connectivity index (χ2n) is 5.83. The molecule has 136 valence electrons. The van der Waals surface area contributed by atoms with E-state index < -0.39 is 17.6 Å². The number of rotatable bonds is 3. The van der Waals surface area contributed by atoms with Gasteiger partial charge in [-0.05, 0) is 36.4 Å². The summed E-state index contributed by atoms with van der Waals surface area (Å²) in [5.41, 5.74) is 5.31. The first-order valence-electron chi connectivity index (χ1n) is 7.93. The van der Waals surface area contributed by atoms with Gasteiger partial charge in [0.2, 0.25) is 0 Å². The summed E-state index contributed by atoms with van der Waals surface area (Å²) in [6.45, 7) is 0.862. The van der Waals surface area contributed by atoms with Gasteiger partial charge in [0.05, 0.1) is 5.69 Å². The molecule has 0 spiro atoms. The zero-order valence-electron chi connectivity index (χ0n) is 14.3. The zero-order valence-corrected chi connectivity index (χ0v) is 14.3. The normalized spacial score (nSPS) is 12.3. The highest BCUT2D eigenvalue weighted by atomic mass is 19.1. The molecule has 8 heteroatoms. The molecule has 0 aromatic heterocycles. The van der Waals surface area contributed by atoms with E-state index in [0.29, 0.717) is 36.0 Å². The van der Waals surface area contributed by atoms with E-state index >= 15 is 0 Å². The first-order valence-corrected chi connectivity index (χ1v) is 7.93. The molecule has 1 heterocycles. The SMILES string of the molecule is CN(C)c1ccc(C(=O)NNC(=O)c2ccc3c(c2)OCCO3)cc1F. The molecule has 1 aliphatic heterocycles. The van der Waals surface area contributed by atoms with Crippen LogP contribution in [0.1, 0.15) is 20.7 Å². The van der Waals surface area contributed by atoms with Gasteiger partial charge in [0.25, 0.3) is 11.8 Å². The van der Waals surface area contributed by atoms with Crippen molar-refractivity contribution in [1.82, 2.24) is 10.9 Å². The van der Waals surface area contributed by atoms with Crippen molar-refractivity contribution in [2.75, 3.05) is 32.2 Å². The monoisotopic (exact) mass is 359 g/mol. The average Bonchev–Trinajstić information content (AvgIpc) is 2.65. The second kappa shape index (κ2) is 7.30. The molecule has 0 fully saturated rings. The Hall–Kier alpha value is -3.29. The van der Waals surface area contributed by atoms with Crippen LogP contribution in [0, 0.1) is 5.82 Å². The maximum Gasteiger partial charge on any atom is 0.269 e. The molecule has 0 atom stereocenters. The number of ether oxygens (including phenoxy) is 2. The van der Waals surface area contributed by atoms with Gasteiger partial charge in [-0.15, -0.1) is 0 Å². The van der Waals surface area contributed by atoms with Crippen LogP contribution in [-0.2, 0) is 0 Å². The van der Waals surface area contributed by atoms with E-state index in [4.69, 9.17) is 9.47 Å². The number of nitrogens with zero attached hydrogens (tertiary/aromatic N) is 1. The minimum atomic E-state index is -0.625. The first-order chi connectivity index (χ1) is 12.5. The van der Waals surface area contributed by atoms with E-state index in [2.05, 4.69) is 10.9 Å². The Bertz CT molecular complexity index is 854. The molecule has 3 rings (SSSR count). The number of carbonyl (C=O) groups is 2. The minimum absolute atomic E-state index is 0.0931. The molecule has 2 amide bonds. The van der Waals surface area contributed by atoms with Crippen LogP contribution in [0.4, 0.5) is 10.1 Å². The molecule has 0 unspecified atom stereocenters. The summed E-state index contributed by atoms with van der Waals surface area (Å²) < 4.78 is 24.8. The van der Waals surface area contributed by atoms with E-state index in [1.165, 1.54) is 18.2 Å². The topological polar surface area (TPSA) is 79.9 Å². The third-order valence-electron chi connectivity index (χ3n) is 3.79. The third kappa shape index (κ3) is 3.69. The Kier molecular flexibility index (Phi) is 4.92. The molecule has 26 heavy (non-hydrogen) atoms. The van der Waals surface area contributed by atoms with Crippen LogP contribution in [-0.4, -0.2) is 39.1 Å². The number of carbonyl (C=O) groups excluding carboxylic acids is 2. The fourth-order valence-corrected chi connectivity index (χ4v) is 2.45. The summed E-state index contributed by atoms with van der Waals surface area (Å²) in [4.78, 5) is 25.9. The van der Waals surface area contributed by atoms with Gasteiger partial charge >= 0.3 is 0 Å². The molecule has 7 nitrogen and oxygen atoms in total. The van der Waals surface area contributed by atoms with Gasteiger partial charge in [-0.1, -0.05) is 0 Å². The number of fused-ring (bicyclic) bond motifs is 1. The Morgan fingerprint density at radius 2 is 1.50 bits per heavy atom. The van der Waals surface area contributed by atoms with Gasteiger partial charge in [0.1, 0.15) is 19.0 Å². The predicted molar refractivity (Wildman–Crippen MR) is 93.1 cm³/mol. The van der Waals surface area contributed by atoms with Crippen molar-refractivity contribution in [1.29, 1.82) is 0 Å². The van der Waals surface area contributed by atoms with Crippen LogP contribution >= 0.6 is 0 Å². The Morgan fingerprint density at radius 1 is 0.923 bits per heavy atom. The van der Waals surface area contributed by atoms with Gasteiger partial charge in [-0.2, -0.15) is 0 Å². The molecular weight excluding hydrogens is 341 g/mol. The number of amides is 2.